The van der Waals surface area contributed by atoms with E-state index in [-0.39, 0.29) is 0 Å². The number of halogens is 3. The molecular weight excluding hydrogens is 273 g/mol. The molecule has 6 heteroatoms. The van der Waals surface area contributed by atoms with Crippen molar-refractivity contribution in [1.29, 1.82) is 0 Å². The van der Waals surface area contributed by atoms with E-state index in [0.29, 0.717) is 5.69 Å². The van der Waals surface area contributed by atoms with Crippen LogP contribution in [0.2, 0.25) is 0 Å². The van der Waals surface area contributed by atoms with E-state index in [1.165, 1.54) is 12.1 Å². The first kappa shape index (κ1) is 13.6. The minimum Gasteiger partial charge on any atom is -0.278 e. The topological polar surface area (TPSA) is 24.4 Å². The maximum Gasteiger partial charge on any atom is 0.416 e. The molecule has 0 bridgehead atoms. The van der Waals surface area contributed by atoms with Crippen LogP contribution < -0.4 is 5.43 Å². The van der Waals surface area contributed by atoms with Gasteiger partial charge in [0.1, 0.15) is 0 Å². The molecule has 0 spiro atoms. The van der Waals surface area contributed by atoms with Crippen LogP contribution in [0.25, 0.3) is 0 Å². The number of rotatable bonds is 3. The maximum absolute atomic E-state index is 12.4. The van der Waals surface area contributed by atoms with E-state index in [9.17, 15) is 13.2 Å². The van der Waals surface area contributed by atoms with E-state index in [2.05, 4.69) is 10.5 Å². The molecule has 1 heterocycles. The molecule has 0 aliphatic carbocycles. The van der Waals surface area contributed by atoms with Crippen molar-refractivity contribution in [3.8, 4) is 0 Å². The van der Waals surface area contributed by atoms with Crippen molar-refractivity contribution in [2.24, 2.45) is 5.10 Å². The Morgan fingerprint density at radius 3 is 2.37 bits per heavy atom. The number of benzene rings is 1. The summed E-state index contributed by atoms with van der Waals surface area (Å²) >= 11 is 1.55. The number of hydrogen-bond donors (Lipinski definition) is 1. The van der Waals surface area contributed by atoms with Gasteiger partial charge >= 0.3 is 6.18 Å². The summed E-state index contributed by atoms with van der Waals surface area (Å²) in [6, 6.07) is 6.72. The van der Waals surface area contributed by atoms with Gasteiger partial charge in [-0.25, -0.2) is 0 Å². The van der Waals surface area contributed by atoms with E-state index < -0.39 is 11.7 Å². The number of anilines is 1. The van der Waals surface area contributed by atoms with Gasteiger partial charge in [0.15, 0.2) is 0 Å². The van der Waals surface area contributed by atoms with Gasteiger partial charge in [0.25, 0.3) is 0 Å². The molecule has 2 aromatic rings. The van der Waals surface area contributed by atoms with Crippen molar-refractivity contribution in [2.75, 3.05) is 5.43 Å². The van der Waals surface area contributed by atoms with Gasteiger partial charge < -0.3 is 0 Å². The summed E-state index contributed by atoms with van der Waals surface area (Å²) in [4.78, 5) is 1.01. The zero-order valence-corrected chi connectivity index (χ0v) is 10.8. The quantitative estimate of drug-likeness (QED) is 0.650. The molecular formula is C13H11F3N2S. The summed E-state index contributed by atoms with van der Waals surface area (Å²) in [5, 5.41) is 5.94. The monoisotopic (exact) mass is 284 g/mol. The van der Waals surface area contributed by atoms with Crippen LogP contribution in [0.4, 0.5) is 18.9 Å². The van der Waals surface area contributed by atoms with Crippen molar-refractivity contribution in [3.63, 3.8) is 0 Å². The highest BCUT2D eigenvalue weighted by molar-refractivity contribution is 7.11. The summed E-state index contributed by atoms with van der Waals surface area (Å²) in [5.41, 5.74) is 3.65. The molecule has 100 valence electrons. The first-order chi connectivity index (χ1) is 8.97. The van der Waals surface area contributed by atoms with Crippen LogP contribution in [-0.2, 0) is 6.18 Å². The van der Waals surface area contributed by atoms with Crippen molar-refractivity contribution in [2.45, 2.75) is 13.1 Å². The standard InChI is InChI=1S/C13H11F3N2S/c1-9-6-7-19-12(9)8-17-18-11-4-2-10(3-5-11)13(14,15)16/h2-8,18H,1H3/b17-8+. The third kappa shape index (κ3) is 3.57. The normalized spacial score (nSPS) is 12.0. The van der Waals surface area contributed by atoms with Gasteiger partial charge in [-0.05, 0) is 48.2 Å². The fraction of sp³-hybridized carbons (Fsp3) is 0.154. The van der Waals surface area contributed by atoms with E-state index in [4.69, 9.17) is 0 Å². The lowest BCUT2D eigenvalue weighted by atomic mass is 10.2. The highest BCUT2D eigenvalue weighted by atomic mass is 32.1. The number of hydrogen-bond acceptors (Lipinski definition) is 3. The van der Waals surface area contributed by atoms with Gasteiger partial charge in [-0.15, -0.1) is 11.3 Å². The Morgan fingerprint density at radius 1 is 1.16 bits per heavy atom. The highest BCUT2D eigenvalue weighted by Crippen LogP contribution is 2.29. The lowest BCUT2D eigenvalue weighted by Gasteiger charge is -2.06. The number of alkyl halides is 3. The summed E-state index contributed by atoms with van der Waals surface area (Å²) in [7, 11) is 0. The average Bonchev–Trinajstić information content (AvgIpc) is 2.75. The number of thiophene rings is 1. The predicted molar refractivity (Wildman–Crippen MR) is 71.7 cm³/mol. The predicted octanol–water partition coefficient (Wildman–Crippen LogP) is 4.52. The van der Waals surface area contributed by atoms with Gasteiger partial charge in [0.2, 0.25) is 0 Å². The molecule has 2 nitrogen and oxygen atoms in total. The van der Waals surface area contributed by atoms with Crippen LogP contribution >= 0.6 is 11.3 Å². The molecule has 0 atom stereocenters. The minimum atomic E-state index is -4.31. The second-order valence-electron chi connectivity index (χ2n) is 3.91. The van der Waals surface area contributed by atoms with Crippen molar-refractivity contribution in [3.05, 3.63) is 51.7 Å². The third-order valence-corrected chi connectivity index (χ3v) is 3.44. The Labute approximate surface area is 112 Å². The van der Waals surface area contributed by atoms with E-state index in [1.807, 2.05) is 18.4 Å². The molecule has 0 radical (unpaired) electrons. The molecule has 0 saturated heterocycles. The summed E-state index contributed by atoms with van der Waals surface area (Å²) < 4.78 is 37.1. The molecule has 1 aromatic heterocycles. The van der Waals surface area contributed by atoms with E-state index >= 15 is 0 Å². The minimum absolute atomic E-state index is 0.512. The molecule has 1 N–H and O–H groups in total. The number of aryl methyl sites for hydroxylation is 1. The largest absolute Gasteiger partial charge is 0.416 e. The third-order valence-electron chi connectivity index (χ3n) is 2.49. The molecule has 0 saturated carbocycles. The first-order valence-corrected chi connectivity index (χ1v) is 6.35. The molecule has 0 aliphatic heterocycles. The maximum atomic E-state index is 12.4. The van der Waals surface area contributed by atoms with Gasteiger partial charge in [0, 0.05) is 4.88 Å². The Bertz CT molecular complexity index is 570. The molecule has 0 fully saturated rings. The van der Waals surface area contributed by atoms with Gasteiger partial charge in [-0.1, -0.05) is 0 Å². The number of hydrazone groups is 1. The Balaban J connectivity index is 2.01. The lowest BCUT2D eigenvalue weighted by Crippen LogP contribution is -2.04. The fourth-order valence-corrected chi connectivity index (χ4v) is 2.20. The second-order valence-corrected chi connectivity index (χ2v) is 4.86. The molecule has 2 rings (SSSR count). The van der Waals surface area contributed by atoms with E-state index in [0.717, 1.165) is 22.6 Å². The average molecular weight is 284 g/mol. The SMILES string of the molecule is Cc1ccsc1/C=N/Nc1ccc(C(F)(F)F)cc1. The summed E-state index contributed by atoms with van der Waals surface area (Å²) in [5.74, 6) is 0. The second kappa shape index (κ2) is 5.44. The van der Waals surface area contributed by atoms with Crippen LogP contribution in [0.3, 0.4) is 0 Å². The molecule has 1 aromatic carbocycles. The molecule has 0 unspecified atom stereocenters. The van der Waals surface area contributed by atoms with Gasteiger partial charge in [0.05, 0.1) is 17.5 Å². The Kier molecular flexibility index (Phi) is 3.90. The zero-order chi connectivity index (χ0) is 13.9. The first-order valence-electron chi connectivity index (χ1n) is 5.47. The van der Waals surface area contributed by atoms with Crippen LogP contribution in [0.1, 0.15) is 16.0 Å². The highest BCUT2D eigenvalue weighted by Gasteiger charge is 2.29. The fourth-order valence-electron chi connectivity index (χ4n) is 1.42. The van der Waals surface area contributed by atoms with Gasteiger partial charge in [-0.3, -0.25) is 5.43 Å². The van der Waals surface area contributed by atoms with Crippen LogP contribution in [-0.4, -0.2) is 6.21 Å². The number of nitrogens with one attached hydrogen (secondary N) is 1. The van der Waals surface area contributed by atoms with Crippen molar-refractivity contribution in [1.82, 2.24) is 0 Å². The summed E-state index contributed by atoms with van der Waals surface area (Å²) in [6.45, 7) is 1.97. The smallest absolute Gasteiger partial charge is 0.278 e. The Hall–Kier alpha value is -1.82. The van der Waals surface area contributed by atoms with Gasteiger partial charge in [-0.2, -0.15) is 18.3 Å². The zero-order valence-electron chi connectivity index (χ0n) is 10.0. The molecule has 19 heavy (non-hydrogen) atoms. The summed E-state index contributed by atoms with van der Waals surface area (Å²) in [6.07, 6.45) is -2.66. The molecule has 0 aliphatic rings. The number of nitrogens with zero attached hydrogens (tertiary/aromatic N) is 1. The Morgan fingerprint density at radius 2 is 1.84 bits per heavy atom. The van der Waals surface area contributed by atoms with Crippen molar-refractivity contribution >= 4 is 23.2 Å². The van der Waals surface area contributed by atoms with Crippen LogP contribution in [0.15, 0.2) is 40.8 Å². The van der Waals surface area contributed by atoms with Crippen LogP contribution in [0.5, 0.6) is 0 Å². The van der Waals surface area contributed by atoms with E-state index in [1.54, 1.807) is 17.6 Å². The molecule has 0 amide bonds. The lowest BCUT2D eigenvalue weighted by molar-refractivity contribution is -0.137. The van der Waals surface area contributed by atoms with Crippen molar-refractivity contribution < 1.29 is 13.2 Å². The van der Waals surface area contributed by atoms with Crippen LogP contribution in [0, 0.1) is 6.92 Å².